The number of carbonyl (C=O) groups is 3. The lowest BCUT2D eigenvalue weighted by Crippen LogP contribution is -2.71. The van der Waals surface area contributed by atoms with E-state index >= 15 is 8.78 Å². The second kappa shape index (κ2) is 10.4. The summed E-state index contributed by atoms with van der Waals surface area (Å²) in [5, 5.41) is 11.7. The van der Waals surface area contributed by atoms with Gasteiger partial charge in [0, 0.05) is 16.7 Å². The van der Waals surface area contributed by atoms with Gasteiger partial charge in [-0.25, -0.2) is 13.6 Å². The number of esters is 1. The van der Waals surface area contributed by atoms with Gasteiger partial charge in [-0.05, 0) is 80.4 Å². The number of Topliss-reactive ketones (excluding diaryl/α,β-unsaturated/α-hetero) is 1. The standard InChI is InChI=1S/C34H40F2O7/c1-5-7-29-42-28-16-22-23-15-25(35)24-14-21(37)12-13-31(24,3)33(23,36)26(38)17-32(22,4)34(28,43-29)27(39)18-41-30(40)20-10-8-19(6-2)9-11-20/h8-14,22-23,25-26,28-29,38H,5-7,15-18H2,1-4H3/t22-,23-,25-,26-,28+,29?,31-,32-,33-,34+/m0/s1. The van der Waals surface area contributed by atoms with Crippen molar-refractivity contribution in [2.24, 2.45) is 22.7 Å². The Morgan fingerprint density at radius 2 is 1.84 bits per heavy atom. The summed E-state index contributed by atoms with van der Waals surface area (Å²) in [5.41, 5.74) is -5.17. The van der Waals surface area contributed by atoms with Gasteiger partial charge in [0.25, 0.3) is 0 Å². The van der Waals surface area contributed by atoms with E-state index in [1.165, 1.54) is 12.2 Å². The third kappa shape index (κ3) is 4.10. The Labute approximate surface area is 250 Å². The maximum atomic E-state index is 17.6. The van der Waals surface area contributed by atoms with Crippen molar-refractivity contribution in [3.63, 3.8) is 0 Å². The second-order valence-corrected chi connectivity index (χ2v) is 13.3. The Morgan fingerprint density at radius 1 is 1.12 bits per heavy atom. The summed E-state index contributed by atoms with van der Waals surface area (Å²) in [5.74, 6) is -3.15. The molecule has 10 atom stereocenters. The molecule has 3 saturated carbocycles. The van der Waals surface area contributed by atoms with Crippen LogP contribution in [0.2, 0.25) is 0 Å². The zero-order valence-corrected chi connectivity index (χ0v) is 25.1. The van der Waals surface area contributed by atoms with Crippen molar-refractivity contribution in [1.82, 2.24) is 0 Å². The molecule has 1 aliphatic heterocycles. The first-order valence-electron chi connectivity index (χ1n) is 15.4. The lowest BCUT2D eigenvalue weighted by molar-refractivity contribution is -0.234. The number of aliphatic hydroxyl groups is 1. The highest BCUT2D eigenvalue weighted by Crippen LogP contribution is 2.72. The van der Waals surface area contributed by atoms with Crippen LogP contribution >= 0.6 is 0 Å². The average Bonchev–Trinajstić information content (AvgIpc) is 3.46. The SMILES string of the molecule is CCCC1O[C@@H]2C[C@H]3[C@@H]4C[C@H](F)C5=CC(=O)C=C[C@]5(C)[C@@]4(F)[C@@H](O)C[C@]3(C)[C@]2(C(=O)COC(=O)c2ccc(CC)cc2)O1. The minimum atomic E-state index is -2.29. The molecule has 1 unspecified atom stereocenters. The van der Waals surface area contributed by atoms with Gasteiger partial charge in [-0.2, -0.15) is 0 Å². The molecule has 0 spiro atoms. The predicted molar refractivity (Wildman–Crippen MR) is 153 cm³/mol. The number of fused-ring (bicyclic) bond motifs is 7. The molecule has 1 aromatic carbocycles. The molecule has 4 aliphatic carbocycles. The van der Waals surface area contributed by atoms with E-state index in [9.17, 15) is 19.5 Å². The van der Waals surface area contributed by atoms with Crippen molar-refractivity contribution in [3.8, 4) is 0 Å². The molecule has 0 amide bonds. The molecule has 5 aliphatic rings. The molecular formula is C34H40F2O7. The number of allylic oxidation sites excluding steroid dienone is 4. The van der Waals surface area contributed by atoms with Gasteiger partial charge in [-0.1, -0.05) is 45.4 Å². The highest BCUT2D eigenvalue weighted by Gasteiger charge is 2.80. The average molecular weight is 599 g/mol. The van der Waals surface area contributed by atoms with Crippen molar-refractivity contribution in [3.05, 3.63) is 59.2 Å². The van der Waals surface area contributed by atoms with Crippen LogP contribution in [-0.2, 0) is 30.2 Å². The van der Waals surface area contributed by atoms with E-state index in [1.807, 2.05) is 26.0 Å². The summed E-state index contributed by atoms with van der Waals surface area (Å²) < 4.78 is 51.7. The molecular weight excluding hydrogens is 558 g/mol. The van der Waals surface area contributed by atoms with Gasteiger partial charge in [0.1, 0.15) is 6.17 Å². The minimum absolute atomic E-state index is 0.0415. The van der Waals surface area contributed by atoms with Crippen LogP contribution in [0.4, 0.5) is 8.78 Å². The molecule has 7 nitrogen and oxygen atoms in total. The van der Waals surface area contributed by atoms with Gasteiger partial charge < -0.3 is 19.3 Å². The number of aryl methyl sites for hydroxylation is 1. The van der Waals surface area contributed by atoms with Gasteiger partial charge >= 0.3 is 5.97 Å². The summed E-state index contributed by atoms with van der Waals surface area (Å²) in [6.45, 7) is 6.72. The zero-order valence-electron chi connectivity index (χ0n) is 25.1. The summed E-state index contributed by atoms with van der Waals surface area (Å²) in [6, 6.07) is 6.95. The van der Waals surface area contributed by atoms with Crippen LogP contribution in [0.25, 0.3) is 0 Å². The number of alkyl halides is 2. The smallest absolute Gasteiger partial charge is 0.338 e. The molecule has 4 fully saturated rings. The first-order valence-corrected chi connectivity index (χ1v) is 15.4. The van der Waals surface area contributed by atoms with E-state index in [2.05, 4.69) is 0 Å². The van der Waals surface area contributed by atoms with E-state index in [0.29, 0.717) is 12.0 Å². The van der Waals surface area contributed by atoms with E-state index in [1.54, 1.807) is 26.0 Å². The molecule has 0 aromatic heterocycles. The van der Waals surface area contributed by atoms with Crippen LogP contribution in [0.15, 0.2) is 48.1 Å². The predicted octanol–water partition coefficient (Wildman–Crippen LogP) is 5.18. The molecule has 1 N–H and O–H groups in total. The van der Waals surface area contributed by atoms with Crippen LogP contribution in [0.3, 0.4) is 0 Å². The lowest BCUT2D eigenvalue weighted by atomic mass is 9.44. The fourth-order valence-electron chi connectivity index (χ4n) is 9.08. The third-order valence-corrected chi connectivity index (χ3v) is 11.3. The number of hydrogen-bond donors (Lipinski definition) is 1. The van der Waals surface area contributed by atoms with Gasteiger partial charge in [-0.3, -0.25) is 9.59 Å². The third-order valence-electron chi connectivity index (χ3n) is 11.3. The molecule has 1 saturated heterocycles. The molecule has 1 heterocycles. The zero-order chi connectivity index (χ0) is 30.9. The second-order valence-electron chi connectivity index (χ2n) is 13.3. The monoisotopic (exact) mass is 598 g/mol. The number of aliphatic hydroxyl groups excluding tert-OH is 1. The van der Waals surface area contributed by atoms with Crippen molar-refractivity contribution < 1.29 is 42.5 Å². The van der Waals surface area contributed by atoms with E-state index in [0.717, 1.165) is 24.5 Å². The Balaban J connectivity index is 1.34. The quantitative estimate of drug-likeness (QED) is 0.432. The first kappa shape index (κ1) is 30.3. The van der Waals surface area contributed by atoms with Gasteiger partial charge in [-0.15, -0.1) is 0 Å². The maximum Gasteiger partial charge on any atom is 0.338 e. The van der Waals surface area contributed by atoms with E-state index in [4.69, 9.17) is 14.2 Å². The summed E-state index contributed by atoms with van der Waals surface area (Å²) in [6.07, 6.45) is 1.02. The van der Waals surface area contributed by atoms with Crippen LogP contribution in [-0.4, -0.2) is 65.2 Å². The van der Waals surface area contributed by atoms with Crippen molar-refractivity contribution in [1.29, 1.82) is 0 Å². The Bertz CT molecular complexity index is 1390. The first-order chi connectivity index (χ1) is 20.4. The molecule has 43 heavy (non-hydrogen) atoms. The summed E-state index contributed by atoms with van der Waals surface area (Å²) in [4.78, 5) is 39.2. The number of hydrogen-bond acceptors (Lipinski definition) is 7. The number of ketones is 2. The van der Waals surface area contributed by atoms with Gasteiger partial charge in [0.05, 0.1) is 17.8 Å². The number of rotatable bonds is 7. The van der Waals surface area contributed by atoms with E-state index < -0.39 is 82.7 Å². The fourth-order valence-corrected chi connectivity index (χ4v) is 9.08. The molecule has 0 radical (unpaired) electrons. The topological polar surface area (TPSA) is 99.1 Å². The van der Waals surface area contributed by atoms with Crippen LogP contribution < -0.4 is 0 Å². The summed E-state index contributed by atoms with van der Waals surface area (Å²) >= 11 is 0. The number of halogens is 2. The number of benzene rings is 1. The Hall–Kier alpha value is -2.75. The summed E-state index contributed by atoms with van der Waals surface area (Å²) in [7, 11) is 0. The molecule has 1 aromatic rings. The molecule has 0 bridgehead atoms. The molecule has 9 heteroatoms. The van der Waals surface area contributed by atoms with Crippen LogP contribution in [0.1, 0.15) is 75.7 Å². The van der Waals surface area contributed by atoms with Gasteiger partial charge in [0.2, 0.25) is 5.78 Å². The molecule has 232 valence electrons. The maximum absolute atomic E-state index is 17.6. The largest absolute Gasteiger partial charge is 0.454 e. The Morgan fingerprint density at radius 3 is 2.51 bits per heavy atom. The highest BCUT2D eigenvalue weighted by molar-refractivity contribution is 6.01. The van der Waals surface area contributed by atoms with Crippen LogP contribution in [0.5, 0.6) is 0 Å². The fraction of sp³-hybridized carbons (Fsp3) is 0.618. The highest BCUT2D eigenvalue weighted by atomic mass is 19.1. The van der Waals surface area contributed by atoms with Crippen molar-refractivity contribution in [2.75, 3.05) is 6.61 Å². The Kier molecular flexibility index (Phi) is 7.34. The minimum Gasteiger partial charge on any atom is -0.454 e. The van der Waals surface area contributed by atoms with Crippen molar-refractivity contribution in [2.45, 2.75) is 102 Å². The lowest BCUT2D eigenvalue weighted by Gasteiger charge is -2.63. The van der Waals surface area contributed by atoms with E-state index in [-0.39, 0.29) is 24.8 Å². The van der Waals surface area contributed by atoms with Crippen molar-refractivity contribution >= 4 is 17.5 Å². The molecule has 6 rings (SSSR count). The van der Waals surface area contributed by atoms with Gasteiger partial charge in [0.15, 0.2) is 29.9 Å². The normalized spacial score (nSPS) is 42.9. The number of ether oxygens (including phenoxy) is 3. The van der Waals surface area contributed by atoms with Crippen LogP contribution in [0, 0.1) is 22.7 Å². The number of carbonyl (C=O) groups excluding carboxylic acids is 3.